The standard InChI is InChI=1S/C35H33ClF2N6O2/c1-14(2)29-34(30(15(3)4)41-13-40-29)44-33-21(31(43-35(44)46)26-19-10-17-6-8-23(42-17)25(19)26)12-39-32(28(33)38)20-11-18(45)9-16-5-7-22(37)27(36)24(16)20/h5,7,9,11-15,17,19,23,25-26,42,45H,6,8,10H2,1-4H3/t17?,19-,23?,25?,26?/m0/s1. The molecule has 11 heteroatoms. The van der Waals surface area contributed by atoms with Crippen molar-refractivity contribution in [1.82, 2.24) is 29.8 Å². The first-order chi connectivity index (χ1) is 22.0. The number of pyridine rings is 1. The van der Waals surface area contributed by atoms with Gasteiger partial charge in [0, 0.05) is 40.5 Å². The van der Waals surface area contributed by atoms with Gasteiger partial charge >= 0.3 is 5.69 Å². The first-order valence-corrected chi connectivity index (χ1v) is 16.3. The fourth-order valence-corrected chi connectivity index (χ4v) is 8.47. The lowest BCUT2D eigenvalue weighted by molar-refractivity contribution is 0.387. The molecule has 1 aliphatic carbocycles. The molecule has 46 heavy (non-hydrogen) atoms. The summed E-state index contributed by atoms with van der Waals surface area (Å²) in [5.41, 5.74) is 1.44. The zero-order valence-corrected chi connectivity index (χ0v) is 26.6. The van der Waals surface area contributed by atoms with Gasteiger partial charge in [-0.3, -0.25) is 9.55 Å². The number of aromatic hydroxyl groups is 1. The van der Waals surface area contributed by atoms with E-state index in [1.807, 2.05) is 27.7 Å². The van der Waals surface area contributed by atoms with Crippen LogP contribution < -0.4 is 11.0 Å². The first kappa shape index (κ1) is 29.4. The minimum absolute atomic E-state index is 0.00406. The number of rotatable bonds is 5. The van der Waals surface area contributed by atoms with Crippen LogP contribution in [0.15, 0.2) is 41.6 Å². The van der Waals surface area contributed by atoms with E-state index in [-0.39, 0.29) is 50.7 Å². The zero-order chi connectivity index (χ0) is 32.2. The number of aromatic nitrogens is 5. The molecule has 2 aromatic carbocycles. The molecule has 8 rings (SSSR count). The molecule has 5 aromatic rings. The Hall–Kier alpha value is -4.02. The van der Waals surface area contributed by atoms with Crippen molar-refractivity contribution < 1.29 is 13.9 Å². The van der Waals surface area contributed by atoms with Crippen LogP contribution in [-0.2, 0) is 0 Å². The second-order valence-electron chi connectivity index (χ2n) is 13.6. The van der Waals surface area contributed by atoms with Gasteiger partial charge in [0.15, 0.2) is 5.82 Å². The molecule has 2 aliphatic heterocycles. The number of nitrogens with one attached hydrogen (secondary N) is 1. The van der Waals surface area contributed by atoms with Crippen LogP contribution >= 0.6 is 11.6 Å². The molecule has 1 saturated carbocycles. The Morgan fingerprint density at radius 2 is 1.78 bits per heavy atom. The van der Waals surface area contributed by atoms with E-state index < -0.39 is 17.3 Å². The molecule has 3 aromatic heterocycles. The molecule has 2 bridgehead atoms. The van der Waals surface area contributed by atoms with Crippen molar-refractivity contribution in [3.8, 4) is 22.7 Å². The van der Waals surface area contributed by atoms with Crippen LogP contribution in [0.2, 0.25) is 5.02 Å². The maximum absolute atomic E-state index is 17.5. The van der Waals surface area contributed by atoms with Gasteiger partial charge in [0.1, 0.15) is 23.6 Å². The van der Waals surface area contributed by atoms with Crippen LogP contribution in [0.3, 0.4) is 0 Å². The molecular weight excluding hydrogens is 610 g/mol. The molecule has 5 heterocycles. The SMILES string of the molecule is CC(C)c1ncnc(C(C)C)c1-n1c(=O)nc(C2C3C4CCC(C[C@H]23)N4)c2cnc(-c3cc(O)cc4ccc(F)c(Cl)c34)c(F)c21. The molecule has 236 valence electrons. The number of halogens is 3. The molecular formula is C35H33ClF2N6O2. The summed E-state index contributed by atoms with van der Waals surface area (Å²) in [5.74, 6) is -1.20. The van der Waals surface area contributed by atoms with Gasteiger partial charge in [-0.1, -0.05) is 45.4 Å². The quantitative estimate of drug-likeness (QED) is 0.210. The Labute approximate surface area is 268 Å². The Morgan fingerprint density at radius 1 is 1.04 bits per heavy atom. The molecule has 0 spiro atoms. The predicted molar refractivity (Wildman–Crippen MR) is 173 cm³/mol. The number of benzene rings is 2. The van der Waals surface area contributed by atoms with Crippen molar-refractivity contribution in [3.05, 3.63) is 81.0 Å². The van der Waals surface area contributed by atoms with Gasteiger partial charge in [0.25, 0.3) is 0 Å². The lowest BCUT2D eigenvalue weighted by atomic mass is 9.98. The minimum Gasteiger partial charge on any atom is -0.508 e. The van der Waals surface area contributed by atoms with Crippen molar-refractivity contribution >= 4 is 33.3 Å². The van der Waals surface area contributed by atoms with Crippen molar-refractivity contribution in [2.24, 2.45) is 11.8 Å². The summed E-state index contributed by atoms with van der Waals surface area (Å²) in [6.45, 7) is 7.84. The van der Waals surface area contributed by atoms with Gasteiger partial charge in [0.2, 0.25) is 0 Å². The van der Waals surface area contributed by atoms with Crippen LogP contribution in [0, 0.1) is 23.5 Å². The van der Waals surface area contributed by atoms with Gasteiger partial charge in [-0.2, -0.15) is 4.98 Å². The van der Waals surface area contributed by atoms with E-state index in [0.29, 0.717) is 57.5 Å². The van der Waals surface area contributed by atoms with Crippen molar-refractivity contribution in [2.75, 3.05) is 0 Å². The molecule has 3 aliphatic rings. The fraction of sp³-hybridized carbons (Fsp3) is 0.400. The average Bonchev–Trinajstić information content (AvgIpc) is 3.62. The van der Waals surface area contributed by atoms with Crippen LogP contribution in [0.1, 0.15) is 81.8 Å². The zero-order valence-electron chi connectivity index (χ0n) is 25.9. The molecule has 8 nitrogen and oxygen atoms in total. The van der Waals surface area contributed by atoms with E-state index >= 15 is 4.39 Å². The molecule has 2 saturated heterocycles. The Bertz CT molecular complexity index is 2120. The lowest BCUT2D eigenvalue weighted by Crippen LogP contribution is -2.35. The summed E-state index contributed by atoms with van der Waals surface area (Å²) in [6.07, 6.45) is 6.24. The van der Waals surface area contributed by atoms with Crippen LogP contribution in [0.5, 0.6) is 5.75 Å². The van der Waals surface area contributed by atoms with Gasteiger partial charge in [-0.25, -0.2) is 23.5 Å². The number of nitrogens with zero attached hydrogens (tertiary/aromatic N) is 5. The largest absolute Gasteiger partial charge is 0.508 e. The third kappa shape index (κ3) is 4.29. The van der Waals surface area contributed by atoms with E-state index in [4.69, 9.17) is 11.6 Å². The number of hydrogen-bond donors (Lipinski definition) is 2. The van der Waals surface area contributed by atoms with Crippen molar-refractivity contribution in [2.45, 2.75) is 76.8 Å². The topological polar surface area (TPSA) is 106 Å². The molecule has 0 amide bonds. The molecule has 4 unspecified atom stereocenters. The van der Waals surface area contributed by atoms with Gasteiger partial charge in [0.05, 0.1) is 33.3 Å². The second-order valence-corrected chi connectivity index (χ2v) is 14.0. The van der Waals surface area contributed by atoms with E-state index in [1.165, 1.54) is 35.2 Å². The van der Waals surface area contributed by atoms with Gasteiger partial charge in [-0.05, 0) is 66.5 Å². The second kappa shape index (κ2) is 10.5. The van der Waals surface area contributed by atoms with Crippen LogP contribution in [-0.4, -0.2) is 41.7 Å². The molecule has 5 atom stereocenters. The third-order valence-electron chi connectivity index (χ3n) is 10.2. The predicted octanol–water partition coefficient (Wildman–Crippen LogP) is 7.13. The number of phenolic OH excluding ortho intramolecular Hbond substituents is 1. The maximum Gasteiger partial charge on any atom is 0.353 e. The minimum atomic E-state index is -0.804. The monoisotopic (exact) mass is 642 g/mol. The summed E-state index contributed by atoms with van der Waals surface area (Å²) >= 11 is 6.45. The normalized spacial score (nSPS) is 23.5. The maximum atomic E-state index is 17.5. The number of phenols is 1. The first-order valence-electron chi connectivity index (χ1n) is 15.9. The molecule has 2 N–H and O–H groups in total. The molecule has 3 fully saturated rings. The van der Waals surface area contributed by atoms with E-state index in [1.54, 1.807) is 6.20 Å². The summed E-state index contributed by atoms with van der Waals surface area (Å²) < 4.78 is 33.6. The summed E-state index contributed by atoms with van der Waals surface area (Å²) in [4.78, 5) is 32.7. The van der Waals surface area contributed by atoms with Crippen molar-refractivity contribution in [1.29, 1.82) is 0 Å². The molecule has 0 radical (unpaired) electrons. The fourth-order valence-electron chi connectivity index (χ4n) is 8.20. The lowest BCUT2D eigenvalue weighted by Gasteiger charge is -2.22. The van der Waals surface area contributed by atoms with E-state index in [2.05, 4.69) is 25.3 Å². The van der Waals surface area contributed by atoms with Crippen molar-refractivity contribution in [3.63, 3.8) is 0 Å². The number of piperidine rings is 1. The van der Waals surface area contributed by atoms with Crippen LogP contribution in [0.25, 0.3) is 38.6 Å². The highest BCUT2D eigenvalue weighted by atomic mass is 35.5. The van der Waals surface area contributed by atoms with Gasteiger partial charge in [-0.15, -0.1) is 0 Å². The highest BCUT2D eigenvalue weighted by Crippen LogP contribution is 2.63. The van der Waals surface area contributed by atoms with E-state index in [0.717, 1.165) is 19.3 Å². The number of hydrogen-bond acceptors (Lipinski definition) is 7. The average molecular weight is 643 g/mol. The summed E-state index contributed by atoms with van der Waals surface area (Å²) in [7, 11) is 0. The highest BCUT2D eigenvalue weighted by Gasteiger charge is 2.61. The highest BCUT2D eigenvalue weighted by molar-refractivity contribution is 6.37. The number of fused-ring (bicyclic) bond motifs is 6. The Kier molecular flexibility index (Phi) is 6.71. The van der Waals surface area contributed by atoms with Crippen LogP contribution in [0.4, 0.5) is 8.78 Å². The smallest absolute Gasteiger partial charge is 0.353 e. The summed E-state index contributed by atoms with van der Waals surface area (Å²) in [5, 5.41) is 15.2. The third-order valence-corrected chi connectivity index (χ3v) is 10.6. The Balaban J connectivity index is 1.47. The Morgan fingerprint density at radius 3 is 2.50 bits per heavy atom. The van der Waals surface area contributed by atoms with E-state index in [9.17, 15) is 14.3 Å². The van der Waals surface area contributed by atoms with Gasteiger partial charge < -0.3 is 10.4 Å². The summed E-state index contributed by atoms with van der Waals surface area (Å²) in [6, 6.07) is 6.22.